The second-order valence-corrected chi connectivity index (χ2v) is 9.64. The molecule has 2 heterocycles. The minimum atomic E-state index is -3.76. The SMILES string of the molecule is CCCn1c(=O)[nH]c2cc(-c3noc(C(NS(=O)(=O)c4ccccc4)C(C)C)n3)ccc21. The van der Waals surface area contributed by atoms with Gasteiger partial charge in [-0.15, -0.1) is 0 Å². The molecule has 1 atom stereocenters. The molecule has 0 spiro atoms. The molecule has 0 saturated heterocycles. The Morgan fingerprint density at radius 3 is 2.59 bits per heavy atom. The fraction of sp³-hybridized carbons (Fsp3) is 0.318. The lowest BCUT2D eigenvalue weighted by molar-refractivity contribution is 0.311. The minimum absolute atomic E-state index is 0.135. The molecule has 32 heavy (non-hydrogen) atoms. The Labute approximate surface area is 185 Å². The Morgan fingerprint density at radius 1 is 1.16 bits per heavy atom. The van der Waals surface area contributed by atoms with E-state index in [9.17, 15) is 13.2 Å². The van der Waals surface area contributed by atoms with Crippen LogP contribution in [0.1, 0.15) is 39.1 Å². The predicted molar refractivity (Wildman–Crippen MR) is 120 cm³/mol. The fourth-order valence-corrected chi connectivity index (χ4v) is 4.89. The molecule has 10 heteroatoms. The third-order valence-electron chi connectivity index (χ3n) is 5.19. The highest BCUT2D eigenvalue weighted by Gasteiger charge is 2.28. The molecule has 0 bridgehead atoms. The number of aromatic nitrogens is 4. The summed E-state index contributed by atoms with van der Waals surface area (Å²) in [6.07, 6.45) is 0.846. The molecular formula is C22H25N5O4S. The number of hydrogen-bond donors (Lipinski definition) is 2. The van der Waals surface area contributed by atoms with Gasteiger partial charge in [0.2, 0.25) is 21.7 Å². The van der Waals surface area contributed by atoms with Crippen LogP contribution in [0.2, 0.25) is 0 Å². The molecule has 0 aliphatic carbocycles. The number of H-pyrrole nitrogens is 1. The fourth-order valence-electron chi connectivity index (χ4n) is 3.53. The standard InChI is InChI=1S/C22H25N5O4S/c1-4-12-27-18-11-10-15(13-17(18)23-22(27)28)20-24-21(31-25-20)19(14(2)3)26-32(29,30)16-8-6-5-7-9-16/h5-11,13-14,19,26H,4,12H2,1-3H3,(H,23,28). The maximum atomic E-state index is 12.8. The Balaban J connectivity index is 1.65. The lowest BCUT2D eigenvalue weighted by Gasteiger charge is -2.18. The van der Waals surface area contributed by atoms with E-state index in [0.29, 0.717) is 23.4 Å². The van der Waals surface area contributed by atoms with Crippen molar-refractivity contribution in [1.29, 1.82) is 0 Å². The van der Waals surface area contributed by atoms with E-state index in [1.165, 1.54) is 12.1 Å². The number of aryl methyl sites for hydroxylation is 1. The van der Waals surface area contributed by atoms with Crippen molar-refractivity contribution in [2.24, 2.45) is 5.92 Å². The summed E-state index contributed by atoms with van der Waals surface area (Å²) in [7, 11) is -3.76. The van der Waals surface area contributed by atoms with Crippen molar-refractivity contribution in [2.45, 2.75) is 44.7 Å². The molecule has 2 N–H and O–H groups in total. The Bertz CT molecular complexity index is 1390. The number of benzene rings is 2. The van der Waals surface area contributed by atoms with Gasteiger partial charge in [0.15, 0.2) is 0 Å². The zero-order chi connectivity index (χ0) is 22.9. The highest BCUT2D eigenvalue weighted by atomic mass is 32.2. The maximum absolute atomic E-state index is 12.8. The van der Waals surface area contributed by atoms with Gasteiger partial charge in [-0.2, -0.15) is 9.71 Å². The Hall–Kier alpha value is -3.24. The van der Waals surface area contributed by atoms with Crippen LogP contribution < -0.4 is 10.4 Å². The molecule has 2 aromatic heterocycles. The molecular weight excluding hydrogens is 430 g/mol. The van der Waals surface area contributed by atoms with Gasteiger partial charge >= 0.3 is 5.69 Å². The number of rotatable bonds is 8. The van der Waals surface area contributed by atoms with Crippen molar-refractivity contribution in [1.82, 2.24) is 24.4 Å². The predicted octanol–water partition coefficient (Wildman–Crippen LogP) is 3.47. The number of aromatic amines is 1. The van der Waals surface area contributed by atoms with Gasteiger partial charge in [0.1, 0.15) is 6.04 Å². The third-order valence-corrected chi connectivity index (χ3v) is 6.65. The van der Waals surface area contributed by atoms with Gasteiger partial charge in [-0.05, 0) is 42.7 Å². The number of nitrogens with zero attached hydrogens (tertiary/aromatic N) is 3. The zero-order valence-corrected chi connectivity index (χ0v) is 18.9. The van der Waals surface area contributed by atoms with Crippen LogP contribution in [-0.4, -0.2) is 28.1 Å². The third kappa shape index (κ3) is 4.23. The van der Waals surface area contributed by atoms with Crippen LogP contribution in [-0.2, 0) is 16.6 Å². The van der Waals surface area contributed by atoms with Crippen molar-refractivity contribution in [3.8, 4) is 11.4 Å². The first kappa shape index (κ1) is 22.0. The number of hydrogen-bond acceptors (Lipinski definition) is 6. The van der Waals surface area contributed by atoms with E-state index in [4.69, 9.17) is 4.52 Å². The smallest absolute Gasteiger partial charge is 0.326 e. The van der Waals surface area contributed by atoms with Crippen LogP contribution in [0.5, 0.6) is 0 Å². The highest BCUT2D eigenvalue weighted by Crippen LogP contribution is 2.27. The molecule has 9 nitrogen and oxygen atoms in total. The lowest BCUT2D eigenvalue weighted by atomic mass is 10.1. The topological polar surface area (TPSA) is 123 Å². The van der Waals surface area contributed by atoms with Crippen molar-refractivity contribution < 1.29 is 12.9 Å². The molecule has 168 valence electrons. The largest absolute Gasteiger partial charge is 0.337 e. The summed E-state index contributed by atoms with van der Waals surface area (Å²) in [4.78, 5) is 19.6. The molecule has 4 rings (SSSR count). The summed E-state index contributed by atoms with van der Waals surface area (Å²) < 4.78 is 35.4. The number of nitrogens with one attached hydrogen (secondary N) is 2. The van der Waals surface area contributed by atoms with Gasteiger partial charge in [0.05, 0.1) is 15.9 Å². The normalized spacial score (nSPS) is 13.1. The molecule has 0 saturated carbocycles. The van der Waals surface area contributed by atoms with Crippen LogP contribution >= 0.6 is 0 Å². The first-order valence-electron chi connectivity index (χ1n) is 10.4. The highest BCUT2D eigenvalue weighted by molar-refractivity contribution is 7.89. The van der Waals surface area contributed by atoms with Crippen molar-refractivity contribution in [2.75, 3.05) is 0 Å². The second-order valence-electron chi connectivity index (χ2n) is 7.93. The average Bonchev–Trinajstić information content (AvgIpc) is 3.37. The monoisotopic (exact) mass is 455 g/mol. The maximum Gasteiger partial charge on any atom is 0.326 e. The van der Waals surface area contributed by atoms with E-state index in [1.54, 1.807) is 28.8 Å². The van der Waals surface area contributed by atoms with Crippen LogP contribution in [0, 0.1) is 5.92 Å². The molecule has 1 unspecified atom stereocenters. The molecule has 0 amide bonds. The first-order chi connectivity index (χ1) is 15.3. The van der Waals surface area contributed by atoms with Gasteiger partial charge in [0, 0.05) is 12.1 Å². The summed E-state index contributed by atoms with van der Waals surface area (Å²) in [5, 5.41) is 4.05. The lowest BCUT2D eigenvalue weighted by Crippen LogP contribution is -2.32. The summed E-state index contributed by atoms with van der Waals surface area (Å²) in [6.45, 7) is 6.38. The number of fused-ring (bicyclic) bond motifs is 1. The molecule has 0 aliphatic heterocycles. The van der Waals surface area contributed by atoms with E-state index in [-0.39, 0.29) is 22.4 Å². The van der Waals surface area contributed by atoms with Crippen molar-refractivity contribution >= 4 is 21.1 Å². The van der Waals surface area contributed by atoms with Gasteiger partial charge in [-0.25, -0.2) is 13.2 Å². The minimum Gasteiger partial charge on any atom is -0.337 e. The van der Waals surface area contributed by atoms with Gasteiger partial charge in [-0.3, -0.25) is 4.57 Å². The zero-order valence-electron chi connectivity index (χ0n) is 18.1. The van der Waals surface area contributed by atoms with E-state index in [2.05, 4.69) is 19.8 Å². The van der Waals surface area contributed by atoms with Crippen LogP contribution in [0.3, 0.4) is 0 Å². The van der Waals surface area contributed by atoms with E-state index in [1.807, 2.05) is 32.9 Å². The van der Waals surface area contributed by atoms with Crippen LogP contribution in [0.4, 0.5) is 0 Å². The van der Waals surface area contributed by atoms with Crippen LogP contribution in [0.25, 0.3) is 22.4 Å². The van der Waals surface area contributed by atoms with Crippen molar-refractivity contribution in [3.63, 3.8) is 0 Å². The van der Waals surface area contributed by atoms with E-state index in [0.717, 1.165) is 11.9 Å². The second kappa shape index (κ2) is 8.71. The summed E-state index contributed by atoms with van der Waals surface area (Å²) in [5.74, 6) is 0.353. The van der Waals surface area contributed by atoms with Gasteiger partial charge in [-0.1, -0.05) is 44.1 Å². The van der Waals surface area contributed by atoms with Crippen LogP contribution in [0.15, 0.2) is 62.7 Å². The quantitative estimate of drug-likeness (QED) is 0.419. The van der Waals surface area contributed by atoms with E-state index < -0.39 is 16.1 Å². The summed E-state index contributed by atoms with van der Waals surface area (Å²) in [6, 6.07) is 12.9. The summed E-state index contributed by atoms with van der Waals surface area (Å²) >= 11 is 0. The molecule has 0 fully saturated rings. The number of imidazole rings is 1. The average molecular weight is 456 g/mol. The van der Waals surface area contributed by atoms with E-state index >= 15 is 0 Å². The molecule has 0 radical (unpaired) electrons. The Kier molecular flexibility index (Phi) is 5.98. The molecule has 2 aromatic carbocycles. The molecule has 0 aliphatic rings. The molecule has 4 aromatic rings. The van der Waals surface area contributed by atoms with Gasteiger partial charge < -0.3 is 9.51 Å². The number of sulfonamides is 1. The first-order valence-corrected chi connectivity index (χ1v) is 11.9. The van der Waals surface area contributed by atoms with Gasteiger partial charge in [0.25, 0.3) is 0 Å². The summed E-state index contributed by atoms with van der Waals surface area (Å²) in [5.41, 5.74) is 1.98. The Morgan fingerprint density at radius 2 is 1.91 bits per heavy atom. The van der Waals surface area contributed by atoms with Crippen molar-refractivity contribution in [3.05, 3.63) is 64.9 Å².